The molecule has 0 saturated carbocycles. The molecule has 2 aromatic heterocycles. The third-order valence-corrected chi connectivity index (χ3v) is 2.21. The van der Waals surface area contributed by atoms with Crippen LogP contribution in [0.2, 0.25) is 0 Å². The maximum atomic E-state index is 11.7. The highest BCUT2D eigenvalue weighted by molar-refractivity contribution is 5.90. The number of nitrogens with one attached hydrogen (secondary N) is 1. The molecule has 7 heteroatoms. The van der Waals surface area contributed by atoms with Gasteiger partial charge in [-0.05, 0) is 35.0 Å². The van der Waals surface area contributed by atoms with Crippen molar-refractivity contribution >= 4 is 11.7 Å². The van der Waals surface area contributed by atoms with Crippen LogP contribution in [0.1, 0.15) is 11.4 Å². The molecule has 0 aliphatic rings. The van der Waals surface area contributed by atoms with E-state index in [0.717, 1.165) is 5.56 Å². The third-order valence-electron chi connectivity index (χ3n) is 2.21. The molecule has 1 N–H and O–H groups in total. The van der Waals surface area contributed by atoms with Crippen molar-refractivity contribution in [2.24, 2.45) is 7.05 Å². The minimum absolute atomic E-state index is 0.124. The zero-order valence-corrected chi connectivity index (χ0v) is 9.58. The molecule has 0 bridgehead atoms. The van der Waals surface area contributed by atoms with Crippen molar-refractivity contribution in [3.8, 4) is 0 Å². The number of hydrogen-bond donors (Lipinski definition) is 1. The third kappa shape index (κ3) is 2.83. The van der Waals surface area contributed by atoms with E-state index in [1.54, 1.807) is 19.3 Å². The molecule has 0 spiro atoms. The van der Waals surface area contributed by atoms with Gasteiger partial charge in [0.1, 0.15) is 5.82 Å². The highest BCUT2D eigenvalue weighted by Crippen LogP contribution is 2.05. The summed E-state index contributed by atoms with van der Waals surface area (Å²) in [4.78, 5) is 15.7. The standard InChI is InChI=1S/C10H12N6O/c1-7-3-4-11-8(5-7)12-10(17)6-9-13-14-15-16(9)2/h3-5H,6H2,1-2H3,(H,11,12,17). The largest absolute Gasteiger partial charge is 0.310 e. The van der Waals surface area contributed by atoms with Crippen LogP contribution < -0.4 is 5.32 Å². The first kappa shape index (κ1) is 11.2. The molecular weight excluding hydrogens is 220 g/mol. The molecule has 0 atom stereocenters. The van der Waals surface area contributed by atoms with Gasteiger partial charge < -0.3 is 5.32 Å². The van der Waals surface area contributed by atoms with Crippen molar-refractivity contribution < 1.29 is 4.79 Å². The molecule has 0 unspecified atom stereocenters. The lowest BCUT2D eigenvalue weighted by atomic mass is 10.3. The van der Waals surface area contributed by atoms with E-state index in [2.05, 4.69) is 25.8 Å². The van der Waals surface area contributed by atoms with Gasteiger partial charge in [-0.1, -0.05) is 0 Å². The Morgan fingerprint density at radius 3 is 3.00 bits per heavy atom. The van der Waals surface area contributed by atoms with Crippen molar-refractivity contribution in [3.05, 3.63) is 29.7 Å². The molecule has 0 fully saturated rings. The summed E-state index contributed by atoms with van der Waals surface area (Å²) in [5.41, 5.74) is 1.04. The number of hydrogen-bond acceptors (Lipinski definition) is 5. The van der Waals surface area contributed by atoms with Crippen molar-refractivity contribution in [1.82, 2.24) is 25.2 Å². The van der Waals surface area contributed by atoms with Gasteiger partial charge in [-0.2, -0.15) is 0 Å². The molecule has 88 valence electrons. The summed E-state index contributed by atoms with van der Waals surface area (Å²) in [6, 6.07) is 3.66. The normalized spacial score (nSPS) is 10.2. The summed E-state index contributed by atoms with van der Waals surface area (Å²) in [5, 5.41) is 13.5. The smallest absolute Gasteiger partial charge is 0.233 e. The summed E-state index contributed by atoms with van der Waals surface area (Å²) >= 11 is 0. The molecule has 2 aromatic rings. The fraction of sp³-hybridized carbons (Fsp3) is 0.300. The molecular formula is C10H12N6O. The molecule has 0 aliphatic carbocycles. The number of aryl methyl sites for hydroxylation is 2. The highest BCUT2D eigenvalue weighted by Gasteiger charge is 2.09. The van der Waals surface area contributed by atoms with Gasteiger partial charge in [0.2, 0.25) is 5.91 Å². The molecule has 7 nitrogen and oxygen atoms in total. The van der Waals surface area contributed by atoms with Crippen LogP contribution in [0.15, 0.2) is 18.3 Å². The van der Waals surface area contributed by atoms with Crippen molar-refractivity contribution in [2.45, 2.75) is 13.3 Å². The minimum Gasteiger partial charge on any atom is -0.310 e. The first-order valence-electron chi connectivity index (χ1n) is 5.09. The van der Waals surface area contributed by atoms with Gasteiger partial charge in [-0.3, -0.25) is 4.79 Å². The van der Waals surface area contributed by atoms with Crippen LogP contribution in [0.25, 0.3) is 0 Å². The van der Waals surface area contributed by atoms with Crippen molar-refractivity contribution in [3.63, 3.8) is 0 Å². The van der Waals surface area contributed by atoms with Crippen LogP contribution in [0.5, 0.6) is 0 Å². The van der Waals surface area contributed by atoms with Gasteiger partial charge >= 0.3 is 0 Å². The van der Waals surface area contributed by atoms with Crippen molar-refractivity contribution in [2.75, 3.05) is 5.32 Å². The van der Waals surface area contributed by atoms with Gasteiger partial charge in [0.05, 0.1) is 6.42 Å². The molecule has 1 amide bonds. The number of amides is 1. The van der Waals surface area contributed by atoms with Crippen LogP contribution >= 0.6 is 0 Å². The van der Waals surface area contributed by atoms with E-state index in [1.807, 2.05) is 13.0 Å². The van der Waals surface area contributed by atoms with E-state index in [9.17, 15) is 4.79 Å². The summed E-state index contributed by atoms with van der Waals surface area (Å²) in [6.45, 7) is 1.93. The van der Waals surface area contributed by atoms with E-state index in [0.29, 0.717) is 11.6 Å². The Hall–Kier alpha value is -2.31. The van der Waals surface area contributed by atoms with Crippen molar-refractivity contribution in [1.29, 1.82) is 0 Å². The molecule has 0 saturated heterocycles. The topological polar surface area (TPSA) is 85.6 Å². The molecule has 0 radical (unpaired) electrons. The SMILES string of the molecule is Cc1ccnc(NC(=O)Cc2nnnn2C)c1. The van der Waals surface area contributed by atoms with Gasteiger partial charge in [-0.25, -0.2) is 9.67 Å². The average molecular weight is 232 g/mol. The van der Waals surface area contributed by atoms with Gasteiger partial charge in [0.25, 0.3) is 0 Å². The Bertz CT molecular complexity index is 535. The number of tetrazole rings is 1. The number of carbonyl (C=O) groups excluding carboxylic acids is 1. The number of nitrogens with zero attached hydrogens (tertiary/aromatic N) is 5. The maximum Gasteiger partial charge on any atom is 0.233 e. The quantitative estimate of drug-likeness (QED) is 0.810. The predicted molar refractivity (Wildman–Crippen MR) is 60.1 cm³/mol. The Morgan fingerprint density at radius 1 is 1.53 bits per heavy atom. The van der Waals surface area contributed by atoms with Crippen LogP contribution in [-0.4, -0.2) is 31.1 Å². The second-order valence-electron chi connectivity index (χ2n) is 3.66. The zero-order valence-electron chi connectivity index (χ0n) is 9.58. The monoisotopic (exact) mass is 232 g/mol. The number of pyridine rings is 1. The molecule has 2 rings (SSSR count). The van der Waals surface area contributed by atoms with E-state index < -0.39 is 0 Å². The predicted octanol–water partition coefficient (Wildman–Crippen LogP) is 0.0947. The second-order valence-corrected chi connectivity index (χ2v) is 3.66. The lowest BCUT2D eigenvalue weighted by Gasteiger charge is -2.03. The van der Waals surface area contributed by atoms with Crippen LogP contribution in [-0.2, 0) is 18.3 Å². The summed E-state index contributed by atoms with van der Waals surface area (Å²) < 4.78 is 1.46. The minimum atomic E-state index is -0.194. The zero-order chi connectivity index (χ0) is 12.3. The second kappa shape index (κ2) is 4.69. The Morgan fingerprint density at radius 2 is 2.35 bits per heavy atom. The number of aromatic nitrogens is 5. The van der Waals surface area contributed by atoms with Gasteiger partial charge in [-0.15, -0.1) is 5.10 Å². The first-order chi connectivity index (χ1) is 8.15. The molecule has 17 heavy (non-hydrogen) atoms. The van der Waals surface area contributed by atoms with Crippen LogP contribution in [0, 0.1) is 6.92 Å². The van der Waals surface area contributed by atoms with Crippen LogP contribution in [0.3, 0.4) is 0 Å². The fourth-order valence-electron chi connectivity index (χ4n) is 1.33. The summed E-state index contributed by atoms with van der Waals surface area (Å²) in [5.74, 6) is 0.848. The number of anilines is 1. The van der Waals surface area contributed by atoms with Gasteiger partial charge in [0.15, 0.2) is 5.82 Å². The Kier molecular flexibility index (Phi) is 3.08. The Labute approximate surface area is 97.9 Å². The number of rotatable bonds is 3. The lowest BCUT2D eigenvalue weighted by Crippen LogP contribution is -2.17. The fourth-order valence-corrected chi connectivity index (χ4v) is 1.33. The average Bonchev–Trinajstić information content (AvgIpc) is 2.64. The van der Waals surface area contributed by atoms with E-state index in [1.165, 1.54) is 4.68 Å². The maximum absolute atomic E-state index is 11.7. The number of carbonyl (C=O) groups is 1. The van der Waals surface area contributed by atoms with E-state index >= 15 is 0 Å². The van der Waals surface area contributed by atoms with Gasteiger partial charge in [0, 0.05) is 13.2 Å². The van der Waals surface area contributed by atoms with E-state index in [-0.39, 0.29) is 12.3 Å². The summed E-state index contributed by atoms with van der Waals surface area (Å²) in [7, 11) is 1.69. The van der Waals surface area contributed by atoms with E-state index in [4.69, 9.17) is 0 Å². The highest BCUT2D eigenvalue weighted by atomic mass is 16.1. The lowest BCUT2D eigenvalue weighted by molar-refractivity contribution is -0.115. The van der Waals surface area contributed by atoms with Crippen LogP contribution in [0.4, 0.5) is 5.82 Å². The molecule has 0 aromatic carbocycles. The summed E-state index contributed by atoms with van der Waals surface area (Å²) in [6.07, 6.45) is 1.77. The Balaban J connectivity index is 2.01. The molecule has 2 heterocycles. The molecule has 0 aliphatic heterocycles. The first-order valence-corrected chi connectivity index (χ1v) is 5.09.